The second-order valence-electron chi connectivity index (χ2n) is 10.7. The molecule has 0 radical (unpaired) electrons. The van der Waals surface area contributed by atoms with Gasteiger partial charge in [-0.3, -0.25) is 0 Å². The molecule has 166 valence electrons. The minimum atomic E-state index is -0.261. The fourth-order valence-electron chi connectivity index (χ4n) is 6.82. The quantitative estimate of drug-likeness (QED) is 0.394. The van der Waals surface area contributed by atoms with Crippen LogP contribution >= 0.6 is 11.6 Å². The molecule has 1 aromatic rings. The topological polar surface area (TPSA) is 0 Å². The number of benzene rings is 1. The Bertz CT molecular complexity index is 674. The lowest BCUT2D eigenvalue weighted by atomic mass is 9.67. The molecule has 0 unspecified atom stereocenters. The van der Waals surface area contributed by atoms with E-state index in [1.54, 1.807) is 12.1 Å². The minimum absolute atomic E-state index is 0.244. The summed E-state index contributed by atoms with van der Waals surface area (Å²) in [5.74, 6) is 4.91. The van der Waals surface area contributed by atoms with Gasteiger partial charge in [0.1, 0.15) is 5.82 Å². The van der Waals surface area contributed by atoms with Crippen molar-refractivity contribution in [2.24, 2.45) is 29.6 Å². The van der Waals surface area contributed by atoms with Crippen LogP contribution in [0.1, 0.15) is 101 Å². The van der Waals surface area contributed by atoms with Crippen molar-refractivity contribution in [1.82, 2.24) is 0 Å². The zero-order valence-corrected chi connectivity index (χ0v) is 19.4. The molecule has 0 saturated heterocycles. The lowest BCUT2D eigenvalue weighted by Crippen LogP contribution is -2.25. The van der Waals surface area contributed by atoms with Crippen LogP contribution in [0.25, 0.3) is 0 Å². The molecule has 2 heteroatoms. The monoisotopic (exact) mass is 430 g/mol. The fraction of sp³-hybridized carbons (Fsp3) is 0.714. The van der Waals surface area contributed by atoms with Gasteiger partial charge in [0.05, 0.1) is 5.02 Å². The van der Waals surface area contributed by atoms with Crippen molar-refractivity contribution < 1.29 is 4.39 Å². The first-order valence-electron chi connectivity index (χ1n) is 12.7. The number of rotatable bonds is 6. The van der Waals surface area contributed by atoms with Gasteiger partial charge in [-0.2, -0.15) is 0 Å². The lowest BCUT2D eigenvalue weighted by Gasteiger charge is -2.38. The van der Waals surface area contributed by atoms with Crippen molar-refractivity contribution in [3.05, 3.63) is 47.3 Å². The van der Waals surface area contributed by atoms with E-state index in [4.69, 9.17) is 11.6 Å². The van der Waals surface area contributed by atoms with Gasteiger partial charge in [0, 0.05) is 0 Å². The third kappa shape index (κ3) is 5.70. The number of hydrogen-bond acceptors (Lipinski definition) is 0. The third-order valence-electron chi connectivity index (χ3n) is 8.95. The van der Waals surface area contributed by atoms with Gasteiger partial charge < -0.3 is 0 Å². The zero-order chi connectivity index (χ0) is 20.9. The number of allylic oxidation sites excluding steroid dienone is 1. The molecule has 3 saturated carbocycles. The summed E-state index contributed by atoms with van der Waals surface area (Å²) in [6, 6.07) is 5.43. The Labute approximate surface area is 188 Å². The lowest BCUT2D eigenvalue weighted by molar-refractivity contribution is 0.151. The molecule has 0 nitrogen and oxygen atoms in total. The summed E-state index contributed by atoms with van der Waals surface area (Å²) >= 11 is 5.86. The molecule has 0 heterocycles. The van der Waals surface area contributed by atoms with Gasteiger partial charge in [0.25, 0.3) is 0 Å². The minimum Gasteiger partial charge on any atom is -0.205 e. The van der Waals surface area contributed by atoms with Crippen LogP contribution in [0.15, 0.2) is 30.9 Å². The van der Waals surface area contributed by atoms with E-state index in [0.29, 0.717) is 5.92 Å². The Morgan fingerprint density at radius 2 is 1.33 bits per heavy atom. The van der Waals surface area contributed by atoms with Gasteiger partial charge in [-0.25, -0.2) is 4.39 Å². The van der Waals surface area contributed by atoms with Crippen molar-refractivity contribution in [1.29, 1.82) is 0 Å². The molecule has 4 rings (SSSR count). The average Bonchev–Trinajstić information content (AvgIpc) is 2.80. The molecule has 0 aromatic heterocycles. The largest absolute Gasteiger partial charge is 0.205 e. The average molecular weight is 431 g/mol. The van der Waals surface area contributed by atoms with Gasteiger partial charge in [-0.05, 0) is 117 Å². The summed E-state index contributed by atoms with van der Waals surface area (Å²) in [6.45, 7) is 3.98. The highest BCUT2D eigenvalue weighted by Gasteiger charge is 2.31. The maximum Gasteiger partial charge on any atom is 0.142 e. The molecule has 0 atom stereocenters. The molecule has 0 spiro atoms. The standard InChI is InChI=1S/C28H40ClF/c1-2-20-3-5-21(6-4-20)7-8-22-9-11-23(12-10-22)24-13-15-25(16-14-24)26-17-18-27(29)28(30)19-26/h2,17-25H,1,3-16H2/t20-,21-,22-,23-,24-,25-. The van der Waals surface area contributed by atoms with Gasteiger partial charge in [0.15, 0.2) is 0 Å². The van der Waals surface area contributed by atoms with Gasteiger partial charge in [-0.15, -0.1) is 6.58 Å². The fourth-order valence-corrected chi connectivity index (χ4v) is 6.94. The summed E-state index contributed by atoms with van der Waals surface area (Å²) in [5.41, 5.74) is 1.15. The Hall–Kier alpha value is -0.820. The Balaban J connectivity index is 1.15. The molecule has 1 aromatic carbocycles. The van der Waals surface area contributed by atoms with Crippen LogP contribution in [0.5, 0.6) is 0 Å². The molecule has 30 heavy (non-hydrogen) atoms. The van der Waals surface area contributed by atoms with Crippen molar-refractivity contribution in [2.45, 2.75) is 95.8 Å². The smallest absolute Gasteiger partial charge is 0.142 e. The van der Waals surface area contributed by atoms with Crippen molar-refractivity contribution in [3.8, 4) is 0 Å². The number of halogens is 2. The van der Waals surface area contributed by atoms with E-state index in [1.165, 1.54) is 89.9 Å². The maximum atomic E-state index is 13.8. The molecule has 0 bridgehead atoms. The first-order chi connectivity index (χ1) is 14.6. The highest BCUT2D eigenvalue weighted by atomic mass is 35.5. The van der Waals surface area contributed by atoms with E-state index in [-0.39, 0.29) is 10.8 Å². The normalized spacial score (nSPS) is 35.1. The highest BCUT2D eigenvalue weighted by molar-refractivity contribution is 6.30. The summed E-state index contributed by atoms with van der Waals surface area (Å²) in [5, 5.41) is 0.244. The van der Waals surface area contributed by atoms with E-state index in [9.17, 15) is 4.39 Å². The summed E-state index contributed by atoms with van der Waals surface area (Å²) in [7, 11) is 0. The predicted molar refractivity (Wildman–Crippen MR) is 126 cm³/mol. The van der Waals surface area contributed by atoms with Crippen molar-refractivity contribution >= 4 is 11.6 Å². The molecule has 0 N–H and O–H groups in total. The van der Waals surface area contributed by atoms with Crippen molar-refractivity contribution in [3.63, 3.8) is 0 Å². The third-order valence-corrected chi connectivity index (χ3v) is 9.26. The Morgan fingerprint density at radius 1 is 0.800 bits per heavy atom. The highest BCUT2D eigenvalue weighted by Crippen LogP contribution is 2.45. The van der Waals surface area contributed by atoms with Crippen LogP contribution < -0.4 is 0 Å². The molecular weight excluding hydrogens is 391 g/mol. The summed E-state index contributed by atoms with van der Waals surface area (Å²) in [6.07, 6.45) is 21.7. The Kier molecular flexibility index (Phi) is 7.96. The van der Waals surface area contributed by atoms with Crippen LogP contribution in [-0.4, -0.2) is 0 Å². The number of hydrogen-bond donors (Lipinski definition) is 0. The molecular formula is C28H40ClF. The first kappa shape index (κ1) is 22.4. The van der Waals surface area contributed by atoms with Crippen LogP contribution in [0, 0.1) is 35.4 Å². The SMILES string of the molecule is C=C[C@H]1CC[C@H](CC[C@H]2CC[C@H]([C@H]3CC[C@H](c4ccc(Cl)c(F)c4)CC3)CC2)CC1. The molecule has 3 aliphatic carbocycles. The van der Waals surface area contributed by atoms with Crippen LogP contribution in [0.3, 0.4) is 0 Å². The van der Waals surface area contributed by atoms with Gasteiger partial charge in [-0.1, -0.05) is 49.4 Å². The maximum absolute atomic E-state index is 13.8. The van der Waals surface area contributed by atoms with E-state index >= 15 is 0 Å². The van der Waals surface area contributed by atoms with Crippen LogP contribution in [0.4, 0.5) is 4.39 Å². The zero-order valence-electron chi connectivity index (χ0n) is 18.6. The molecule has 0 amide bonds. The first-order valence-corrected chi connectivity index (χ1v) is 13.1. The molecule has 3 aliphatic rings. The van der Waals surface area contributed by atoms with Crippen LogP contribution in [-0.2, 0) is 0 Å². The summed E-state index contributed by atoms with van der Waals surface area (Å²) in [4.78, 5) is 0. The molecule has 0 aliphatic heterocycles. The van der Waals surface area contributed by atoms with Gasteiger partial charge in [0.2, 0.25) is 0 Å². The van der Waals surface area contributed by atoms with Crippen LogP contribution in [0.2, 0.25) is 5.02 Å². The second-order valence-corrected chi connectivity index (χ2v) is 11.1. The van der Waals surface area contributed by atoms with Crippen molar-refractivity contribution in [2.75, 3.05) is 0 Å². The van der Waals surface area contributed by atoms with E-state index in [2.05, 4.69) is 12.7 Å². The summed E-state index contributed by atoms with van der Waals surface area (Å²) < 4.78 is 13.8. The van der Waals surface area contributed by atoms with E-state index in [0.717, 1.165) is 35.2 Å². The Morgan fingerprint density at radius 3 is 1.87 bits per heavy atom. The van der Waals surface area contributed by atoms with Gasteiger partial charge >= 0.3 is 0 Å². The van der Waals surface area contributed by atoms with E-state index < -0.39 is 0 Å². The van der Waals surface area contributed by atoms with E-state index in [1.807, 2.05) is 6.07 Å². The molecule has 3 fully saturated rings. The predicted octanol–water partition coefficient (Wildman–Crippen LogP) is 9.33. The second kappa shape index (κ2) is 10.7.